The maximum absolute atomic E-state index is 4.76. The highest BCUT2D eigenvalue weighted by molar-refractivity contribution is 14.0. The number of rotatable bonds is 6. The van der Waals surface area contributed by atoms with Crippen LogP contribution in [0.25, 0.3) is 0 Å². The molecule has 0 amide bonds. The van der Waals surface area contributed by atoms with Crippen LogP contribution >= 0.6 is 24.0 Å². The van der Waals surface area contributed by atoms with Crippen molar-refractivity contribution in [2.24, 2.45) is 4.99 Å². The summed E-state index contributed by atoms with van der Waals surface area (Å²) in [6, 6.07) is 2.39. The zero-order chi connectivity index (χ0) is 19.2. The van der Waals surface area contributed by atoms with Gasteiger partial charge in [0.1, 0.15) is 5.82 Å². The molecule has 8 heteroatoms. The molecule has 1 aliphatic heterocycles. The molecule has 0 saturated carbocycles. The second-order valence-electron chi connectivity index (χ2n) is 7.42. The molecule has 0 aliphatic carbocycles. The molecular formula is C20H32IN7. The summed E-state index contributed by atoms with van der Waals surface area (Å²) < 4.78 is 2.06. The predicted octanol–water partition coefficient (Wildman–Crippen LogP) is 2.84. The quantitative estimate of drug-likeness (QED) is 0.365. The SMILES string of the molecule is CCNC(=NCCc1ccncc1C)NC1CCc2nc(C(C)C)nn2C1.I. The molecule has 1 aliphatic rings. The molecule has 0 aromatic carbocycles. The maximum Gasteiger partial charge on any atom is 0.191 e. The first-order valence-corrected chi connectivity index (χ1v) is 9.94. The Morgan fingerprint density at radius 2 is 2.21 bits per heavy atom. The average molecular weight is 497 g/mol. The lowest BCUT2D eigenvalue weighted by molar-refractivity contribution is 0.391. The molecule has 0 spiro atoms. The van der Waals surface area contributed by atoms with Gasteiger partial charge < -0.3 is 10.6 Å². The minimum Gasteiger partial charge on any atom is -0.357 e. The third-order valence-corrected chi connectivity index (χ3v) is 4.86. The van der Waals surface area contributed by atoms with E-state index in [4.69, 9.17) is 4.99 Å². The lowest BCUT2D eigenvalue weighted by atomic mass is 10.1. The molecule has 1 unspecified atom stereocenters. The average Bonchev–Trinajstić information content (AvgIpc) is 3.07. The van der Waals surface area contributed by atoms with Crippen molar-refractivity contribution in [2.75, 3.05) is 13.1 Å². The zero-order valence-electron chi connectivity index (χ0n) is 17.3. The van der Waals surface area contributed by atoms with E-state index in [-0.39, 0.29) is 24.0 Å². The number of hydrogen-bond acceptors (Lipinski definition) is 4. The molecular weight excluding hydrogens is 465 g/mol. The van der Waals surface area contributed by atoms with Crippen molar-refractivity contribution in [3.8, 4) is 0 Å². The van der Waals surface area contributed by atoms with E-state index in [1.54, 1.807) is 0 Å². The van der Waals surface area contributed by atoms with Crippen LogP contribution in [0.1, 0.15) is 55.9 Å². The first kappa shape index (κ1) is 22.6. The van der Waals surface area contributed by atoms with Crippen molar-refractivity contribution in [1.82, 2.24) is 30.4 Å². The Balaban J connectivity index is 0.00000280. The highest BCUT2D eigenvalue weighted by Crippen LogP contribution is 2.17. The Morgan fingerprint density at radius 3 is 2.93 bits per heavy atom. The minimum atomic E-state index is 0. The van der Waals surface area contributed by atoms with Crippen LogP contribution in [0.2, 0.25) is 0 Å². The molecule has 7 nitrogen and oxygen atoms in total. The van der Waals surface area contributed by atoms with Crippen LogP contribution in [0.3, 0.4) is 0 Å². The smallest absolute Gasteiger partial charge is 0.191 e. The molecule has 28 heavy (non-hydrogen) atoms. The van der Waals surface area contributed by atoms with Crippen molar-refractivity contribution in [2.45, 2.75) is 65.5 Å². The number of nitrogens with one attached hydrogen (secondary N) is 2. The topological polar surface area (TPSA) is 80.0 Å². The van der Waals surface area contributed by atoms with Crippen LogP contribution in [0.15, 0.2) is 23.5 Å². The molecule has 0 saturated heterocycles. The van der Waals surface area contributed by atoms with Crippen molar-refractivity contribution >= 4 is 29.9 Å². The van der Waals surface area contributed by atoms with Gasteiger partial charge in [-0.3, -0.25) is 9.98 Å². The highest BCUT2D eigenvalue weighted by Gasteiger charge is 2.23. The van der Waals surface area contributed by atoms with E-state index < -0.39 is 0 Å². The Hall–Kier alpha value is -1.71. The molecule has 2 aromatic heterocycles. The van der Waals surface area contributed by atoms with Gasteiger partial charge in [0, 0.05) is 43.9 Å². The summed E-state index contributed by atoms with van der Waals surface area (Å²) in [5.41, 5.74) is 2.52. The van der Waals surface area contributed by atoms with Crippen LogP contribution in [0.5, 0.6) is 0 Å². The fraction of sp³-hybridized carbons (Fsp3) is 0.600. The minimum absolute atomic E-state index is 0. The van der Waals surface area contributed by atoms with Crippen LogP contribution in [-0.2, 0) is 19.4 Å². The summed E-state index contributed by atoms with van der Waals surface area (Å²) in [5, 5.41) is 11.6. The fourth-order valence-corrected chi connectivity index (χ4v) is 3.27. The first-order chi connectivity index (χ1) is 13.1. The van der Waals surface area contributed by atoms with Gasteiger partial charge in [0.05, 0.1) is 6.54 Å². The first-order valence-electron chi connectivity index (χ1n) is 9.94. The summed E-state index contributed by atoms with van der Waals surface area (Å²) >= 11 is 0. The third-order valence-electron chi connectivity index (χ3n) is 4.86. The third kappa shape index (κ3) is 5.89. The molecule has 0 fully saturated rings. The maximum atomic E-state index is 4.76. The van der Waals surface area contributed by atoms with Gasteiger partial charge in [-0.2, -0.15) is 5.10 Å². The summed E-state index contributed by atoms with van der Waals surface area (Å²) in [4.78, 5) is 13.6. The summed E-state index contributed by atoms with van der Waals surface area (Å²) in [5.74, 6) is 3.29. The summed E-state index contributed by atoms with van der Waals surface area (Å²) in [6.07, 6.45) is 6.67. The van der Waals surface area contributed by atoms with Crippen molar-refractivity contribution in [3.63, 3.8) is 0 Å². The molecule has 0 bridgehead atoms. The van der Waals surface area contributed by atoms with Gasteiger partial charge in [-0.25, -0.2) is 9.67 Å². The van der Waals surface area contributed by atoms with Crippen LogP contribution < -0.4 is 10.6 Å². The largest absolute Gasteiger partial charge is 0.357 e. The van der Waals surface area contributed by atoms with Gasteiger partial charge in [0.15, 0.2) is 11.8 Å². The van der Waals surface area contributed by atoms with Gasteiger partial charge in [-0.15, -0.1) is 24.0 Å². The number of aryl methyl sites for hydroxylation is 2. The second kappa shape index (κ2) is 10.7. The van der Waals surface area contributed by atoms with Crippen molar-refractivity contribution < 1.29 is 0 Å². The van der Waals surface area contributed by atoms with Crippen LogP contribution in [0.4, 0.5) is 0 Å². The number of aromatic nitrogens is 4. The molecule has 154 valence electrons. The van der Waals surface area contributed by atoms with Crippen LogP contribution in [-0.4, -0.2) is 44.8 Å². The number of nitrogens with zero attached hydrogens (tertiary/aromatic N) is 5. The van der Waals surface area contributed by atoms with E-state index in [9.17, 15) is 0 Å². The molecule has 3 heterocycles. The molecule has 2 aromatic rings. The fourth-order valence-electron chi connectivity index (χ4n) is 3.27. The monoisotopic (exact) mass is 497 g/mol. The van der Waals surface area contributed by atoms with Crippen molar-refractivity contribution in [1.29, 1.82) is 0 Å². The Labute approximate surface area is 184 Å². The number of halogens is 1. The van der Waals surface area contributed by atoms with Crippen LogP contribution in [0, 0.1) is 6.92 Å². The predicted molar refractivity (Wildman–Crippen MR) is 123 cm³/mol. The normalized spacial score (nSPS) is 16.5. The lowest BCUT2D eigenvalue weighted by Crippen LogP contribution is -2.47. The zero-order valence-corrected chi connectivity index (χ0v) is 19.6. The van der Waals surface area contributed by atoms with Gasteiger partial charge in [0.25, 0.3) is 0 Å². The molecule has 3 rings (SSSR count). The van der Waals surface area contributed by atoms with E-state index in [0.717, 1.165) is 56.5 Å². The van der Waals surface area contributed by atoms with Gasteiger partial charge in [-0.05, 0) is 43.9 Å². The highest BCUT2D eigenvalue weighted by atomic mass is 127. The molecule has 2 N–H and O–H groups in total. The van der Waals surface area contributed by atoms with E-state index >= 15 is 0 Å². The number of aliphatic imine (C=N–C) groups is 1. The Morgan fingerprint density at radius 1 is 1.39 bits per heavy atom. The summed E-state index contributed by atoms with van der Waals surface area (Å²) in [6.45, 7) is 10.9. The molecule has 0 radical (unpaired) electrons. The van der Waals surface area contributed by atoms with Gasteiger partial charge in [0.2, 0.25) is 0 Å². The van der Waals surface area contributed by atoms with E-state index in [2.05, 4.69) is 64.1 Å². The Kier molecular flexibility index (Phi) is 8.65. The van der Waals surface area contributed by atoms with Crippen molar-refractivity contribution in [3.05, 3.63) is 41.2 Å². The van der Waals surface area contributed by atoms with Gasteiger partial charge >= 0.3 is 0 Å². The van der Waals surface area contributed by atoms with Gasteiger partial charge in [-0.1, -0.05) is 13.8 Å². The second-order valence-corrected chi connectivity index (χ2v) is 7.42. The number of hydrogen-bond donors (Lipinski definition) is 2. The number of pyridine rings is 1. The number of fused-ring (bicyclic) bond motifs is 1. The lowest BCUT2D eigenvalue weighted by Gasteiger charge is -2.25. The molecule has 1 atom stereocenters. The summed E-state index contributed by atoms with van der Waals surface area (Å²) in [7, 11) is 0. The van der Waals surface area contributed by atoms with E-state index in [1.165, 1.54) is 11.1 Å². The Bertz CT molecular complexity index is 785. The van der Waals surface area contributed by atoms with E-state index in [0.29, 0.717) is 12.0 Å². The standard InChI is InChI=1S/C20H31N7.HI/c1-5-22-20(23-11-9-16-8-10-21-12-15(16)4)24-17-6-7-18-25-19(14(2)3)26-27(18)13-17;/h8,10,12,14,17H,5-7,9,11,13H2,1-4H3,(H2,22,23,24);1H. The van der Waals surface area contributed by atoms with E-state index in [1.807, 2.05) is 12.4 Å². The number of guanidine groups is 1.